The maximum absolute atomic E-state index is 12.5. The SMILES string of the molecule is C[C@H](NC(=O)N1C[C@@H](O)C[C@H]1CO)[C@H]1CCN(Cc2ccccc2)C1. The summed E-state index contributed by atoms with van der Waals surface area (Å²) in [6.45, 7) is 5.21. The Morgan fingerprint density at radius 1 is 1.32 bits per heavy atom. The number of hydrogen-bond donors (Lipinski definition) is 3. The monoisotopic (exact) mass is 347 g/mol. The average molecular weight is 347 g/mol. The third-order valence-corrected chi connectivity index (χ3v) is 5.48. The molecule has 0 aromatic heterocycles. The predicted octanol–water partition coefficient (Wildman–Crippen LogP) is 1.03. The fraction of sp³-hybridized carbons (Fsp3) is 0.632. The maximum atomic E-state index is 12.5. The van der Waals surface area contributed by atoms with Gasteiger partial charge >= 0.3 is 6.03 Å². The molecule has 6 heteroatoms. The smallest absolute Gasteiger partial charge is 0.318 e. The minimum absolute atomic E-state index is 0.0744. The van der Waals surface area contributed by atoms with Crippen LogP contribution in [-0.2, 0) is 6.54 Å². The van der Waals surface area contributed by atoms with Gasteiger partial charge in [0.15, 0.2) is 0 Å². The van der Waals surface area contributed by atoms with Gasteiger partial charge in [0, 0.05) is 25.7 Å². The number of nitrogens with one attached hydrogen (secondary N) is 1. The van der Waals surface area contributed by atoms with Crippen molar-refractivity contribution in [3.8, 4) is 0 Å². The summed E-state index contributed by atoms with van der Waals surface area (Å²) in [5, 5.41) is 22.2. The van der Waals surface area contributed by atoms with Crippen LogP contribution in [0.15, 0.2) is 30.3 Å². The number of likely N-dealkylation sites (tertiary alicyclic amines) is 2. The first-order chi connectivity index (χ1) is 12.1. The number of carbonyl (C=O) groups excluding carboxylic acids is 1. The number of nitrogens with zero attached hydrogens (tertiary/aromatic N) is 2. The summed E-state index contributed by atoms with van der Waals surface area (Å²) in [5.41, 5.74) is 1.32. The Morgan fingerprint density at radius 3 is 2.80 bits per heavy atom. The zero-order chi connectivity index (χ0) is 17.8. The van der Waals surface area contributed by atoms with Gasteiger partial charge in [0.05, 0.1) is 18.8 Å². The van der Waals surface area contributed by atoms with E-state index in [1.165, 1.54) is 5.56 Å². The van der Waals surface area contributed by atoms with Crippen LogP contribution < -0.4 is 5.32 Å². The molecule has 2 fully saturated rings. The van der Waals surface area contributed by atoms with Gasteiger partial charge in [-0.2, -0.15) is 0 Å². The molecule has 0 bridgehead atoms. The van der Waals surface area contributed by atoms with Crippen LogP contribution in [0.4, 0.5) is 4.79 Å². The Hall–Kier alpha value is -1.63. The first kappa shape index (κ1) is 18.2. The standard InChI is InChI=1S/C19H29N3O3/c1-14(20-19(25)22-12-18(24)9-17(22)13-23)16-7-8-21(11-16)10-15-5-3-2-4-6-15/h2-6,14,16-18,23-24H,7-13H2,1H3,(H,20,25)/t14-,16-,17-,18-/m0/s1. The topological polar surface area (TPSA) is 76.0 Å². The highest BCUT2D eigenvalue weighted by molar-refractivity contribution is 5.75. The van der Waals surface area contributed by atoms with Gasteiger partial charge in [-0.15, -0.1) is 0 Å². The summed E-state index contributed by atoms with van der Waals surface area (Å²) in [6.07, 6.45) is 0.985. The molecule has 2 amide bonds. The lowest BCUT2D eigenvalue weighted by atomic mass is 10.0. The number of urea groups is 1. The van der Waals surface area contributed by atoms with E-state index in [1.54, 1.807) is 4.90 Å². The number of hydrogen-bond acceptors (Lipinski definition) is 4. The van der Waals surface area contributed by atoms with Crippen LogP contribution in [0.3, 0.4) is 0 Å². The lowest BCUT2D eigenvalue weighted by molar-refractivity contribution is 0.150. The van der Waals surface area contributed by atoms with Crippen LogP contribution in [0.5, 0.6) is 0 Å². The van der Waals surface area contributed by atoms with Crippen LogP contribution in [0.25, 0.3) is 0 Å². The summed E-state index contributed by atoms with van der Waals surface area (Å²) >= 11 is 0. The lowest BCUT2D eigenvalue weighted by Gasteiger charge is -2.28. The molecular formula is C19H29N3O3. The molecule has 4 atom stereocenters. The number of aliphatic hydroxyl groups excluding tert-OH is 2. The van der Waals surface area contributed by atoms with E-state index in [-0.39, 0.29) is 24.7 Å². The number of aliphatic hydroxyl groups is 2. The molecule has 3 N–H and O–H groups in total. The summed E-state index contributed by atoms with van der Waals surface area (Å²) in [4.78, 5) is 16.5. The third-order valence-electron chi connectivity index (χ3n) is 5.48. The van der Waals surface area contributed by atoms with Crippen molar-refractivity contribution >= 4 is 6.03 Å². The second-order valence-corrected chi connectivity index (χ2v) is 7.39. The molecule has 1 aromatic carbocycles. The minimum atomic E-state index is -0.536. The minimum Gasteiger partial charge on any atom is -0.394 e. The summed E-state index contributed by atoms with van der Waals surface area (Å²) in [5.74, 6) is 0.424. The number of rotatable bonds is 5. The Kier molecular flexibility index (Phi) is 5.93. The van der Waals surface area contributed by atoms with E-state index >= 15 is 0 Å². The molecule has 138 valence electrons. The zero-order valence-corrected chi connectivity index (χ0v) is 14.8. The first-order valence-electron chi connectivity index (χ1n) is 9.19. The van der Waals surface area contributed by atoms with E-state index < -0.39 is 6.10 Å². The van der Waals surface area contributed by atoms with Crippen molar-refractivity contribution in [1.82, 2.24) is 15.1 Å². The predicted molar refractivity (Wildman–Crippen MR) is 96.0 cm³/mol. The van der Waals surface area contributed by atoms with Crippen LogP contribution in [0, 0.1) is 5.92 Å². The van der Waals surface area contributed by atoms with E-state index in [2.05, 4.69) is 41.4 Å². The largest absolute Gasteiger partial charge is 0.394 e. The fourth-order valence-corrected chi connectivity index (χ4v) is 3.97. The highest BCUT2D eigenvalue weighted by Crippen LogP contribution is 2.23. The number of benzene rings is 1. The van der Waals surface area contributed by atoms with E-state index in [0.717, 1.165) is 26.1 Å². The molecule has 0 aliphatic carbocycles. The Bertz CT molecular complexity index is 568. The van der Waals surface area contributed by atoms with Gasteiger partial charge in [-0.1, -0.05) is 30.3 Å². The van der Waals surface area contributed by atoms with Crippen molar-refractivity contribution in [2.24, 2.45) is 5.92 Å². The van der Waals surface area contributed by atoms with Crippen LogP contribution >= 0.6 is 0 Å². The molecule has 2 saturated heterocycles. The second-order valence-electron chi connectivity index (χ2n) is 7.39. The fourth-order valence-electron chi connectivity index (χ4n) is 3.97. The zero-order valence-electron chi connectivity index (χ0n) is 14.8. The second kappa shape index (κ2) is 8.17. The Balaban J connectivity index is 1.49. The molecule has 3 rings (SSSR count). The van der Waals surface area contributed by atoms with E-state index in [0.29, 0.717) is 18.9 Å². The molecule has 1 aromatic rings. The first-order valence-corrected chi connectivity index (χ1v) is 9.19. The lowest BCUT2D eigenvalue weighted by Crippen LogP contribution is -2.49. The average Bonchev–Trinajstić information content (AvgIpc) is 3.22. The number of β-amino-alcohol motifs (C(OH)–C–C–N with tert-alkyl or cyclic N) is 1. The quantitative estimate of drug-likeness (QED) is 0.744. The Morgan fingerprint density at radius 2 is 2.08 bits per heavy atom. The molecule has 25 heavy (non-hydrogen) atoms. The van der Waals surface area contributed by atoms with Gasteiger partial charge in [-0.25, -0.2) is 4.79 Å². The molecule has 0 saturated carbocycles. The molecule has 0 unspecified atom stereocenters. The van der Waals surface area contributed by atoms with Crippen molar-refractivity contribution in [1.29, 1.82) is 0 Å². The van der Waals surface area contributed by atoms with Crippen molar-refractivity contribution in [2.75, 3.05) is 26.2 Å². The highest BCUT2D eigenvalue weighted by Gasteiger charge is 2.35. The Labute approximate surface area is 149 Å². The molecule has 6 nitrogen and oxygen atoms in total. The van der Waals surface area contributed by atoms with Gasteiger partial charge < -0.3 is 20.4 Å². The molecule has 2 aliphatic rings. The molecule has 2 heterocycles. The number of amides is 2. The van der Waals surface area contributed by atoms with Gasteiger partial charge in [-0.05, 0) is 37.8 Å². The third kappa shape index (κ3) is 4.51. The molecule has 0 spiro atoms. The van der Waals surface area contributed by atoms with Gasteiger partial charge in [0.2, 0.25) is 0 Å². The van der Waals surface area contributed by atoms with E-state index in [9.17, 15) is 15.0 Å². The van der Waals surface area contributed by atoms with Crippen LogP contribution in [0.2, 0.25) is 0 Å². The summed E-state index contributed by atoms with van der Waals surface area (Å²) in [7, 11) is 0. The van der Waals surface area contributed by atoms with Gasteiger partial charge in [0.25, 0.3) is 0 Å². The molecule has 0 radical (unpaired) electrons. The summed E-state index contributed by atoms with van der Waals surface area (Å²) < 4.78 is 0. The van der Waals surface area contributed by atoms with E-state index in [1.807, 2.05) is 6.07 Å². The van der Waals surface area contributed by atoms with Gasteiger partial charge in [0.1, 0.15) is 0 Å². The van der Waals surface area contributed by atoms with Crippen molar-refractivity contribution in [3.05, 3.63) is 35.9 Å². The van der Waals surface area contributed by atoms with Crippen molar-refractivity contribution in [3.63, 3.8) is 0 Å². The number of carbonyl (C=O) groups is 1. The van der Waals surface area contributed by atoms with Crippen molar-refractivity contribution in [2.45, 2.75) is 44.5 Å². The van der Waals surface area contributed by atoms with E-state index in [4.69, 9.17) is 0 Å². The summed E-state index contributed by atoms with van der Waals surface area (Å²) in [6, 6.07) is 10.1. The van der Waals surface area contributed by atoms with Crippen LogP contribution in [-0.4, -0.2) is 70.5 Å². The molecular weight excluding hydrogens is 318 g/mol. The highest BCUT2D eigenvalue weighted by atomic mass is 16.3. The van der Waals surface area contributed by atoms with Crippen LogP contribution in [0.1, 0.15) is 25.3 Å². The molecule has 2 aliphatic heterocycles. The normalized spacial score (nSPS) is 28.3. The van der Waals surface area contributed by atoms with Gasteiger partial charge in [-0.3, -0.25) is 4.90 Å². The van der Waals surface area contributed by atoms with Crippen molar-refractivity contribution < 1.29 is 15.0 Å². The maximum Gasteiger partial charge on any atom is 0.318 e.